The first-order valence-corrected chi connectivity index (χ1v) is 7.57. The SMILES string of the molecule is CCC1CCCN1C(=O)CC1CSCCN1.Cl. The highest BCUT2D eigenvalue weighted by atomic mass is 35.5. The first-order valence-electron chi connectivity index (χ1n) is 6.42. The summed E-state index contributed by atoms with van der Waals surface area (Å²) in [6, 6.07) is 0.924. The first-order chi connectivity index (χ1) is 7.81. The third-order valence-electron chi connectivity index (χ3n) is 3.59. The van der Waals surface area contributed by atoms with E-state index < -0.39 is 0 Å². The van der Waals surface area contributed by atoms with E-state index in [2.05, 4.69) is 17.1 Å². The van der Waals surface area contributed by atoms with Crippen LogP contribution in [0.15, 0.2) is 0 Å². The molecule has 5 heteroatoms. The molecule has 2 fully saturated rings. The van der Waals surface area contributed by atoms with Crippen molar-refractivity contribution >= 4 is 30.1 Å². The van der Waals surface area contributed by atoms with Gasteiger partial charge in [-0.25, -0.2) is 0 Å². The smallest absolute Gasteiger partial charge is 0.224 e. The van der Waals surface area contributed by atoms with Crippen LogP contribution in [0.3, 0.4) is 0 Å². The molecule has 2 unspecified atom stereocenters. The van der Waals surface area contributed by atoms with E-state index >= 15 is 0 Å². The molecule has 2 aliphatic heterocycles. The van der Waals surface area contributed by atoms with Gasteiger partial charge >= 0.3 is 0 Å². The molecule has 2 aliphatic rings. The molecule has 0 radical (unpaired) electrons. The van der Waals surface area contributed by atoms with Gasteiger partial charge in [-0.1, -0.05) is 6.92 Å². The normalized spacial score (nSPS) is 28.9. The number of carbonyl (C=O) groups excluding carboxylic acids is 1. The summed E-state index contributed by atoms with van der Waals surface area (Å²) in [5, 5.41) is 3.44. The summed E-state index contributed by atoms with van der Waals surface area (Å²) in [6.07, 6.45) is 4.20. The molecule has 2 saturated heterocycles. The number of nitrogens with zero attached hydrogens (tertiary/aromatic N) is 1. The molecule has 2 rings (SSSR count). The average Bonchev–Trinajstić information content (AvgIpc) is 2.78. The Hall–Kier alpha value is 0.0700. The zero-order valence-electron chi connectivity index (χ0n) is 10.5. The number of halogens is 1. The number of amides is 1. The molecule has 17 heavy (non-hydrogen) atoms. The molecular weight excluding hydrogens is 256 g/mol. The molecule has 0 aromatic rings. The third-order valence-corrected chi connectivity index (χ3v) is 4.72. The molecule has 1 amide bonds. The van der Waals surface area contributed by atoms with Crippen LogP contribution in [0.5, 0.6) is 0 Å². The second-order valence-corrected chi connectivity index (χ2v) is 5.87. The van der Waals surface area contributed by atoms with Gasteiger partial charge in [-0.3, -0.25) is 4.79 Å². The van der Waals surface area contributed by atoms with Gasteiger partial charge < -0.3 is 10.2 Å². The summed E-state index contributed by atoms with van der Waals surface area (Å²) in [5.41, 5.74) is 0. The van der Waals surface area contributed by atoms with Crippen LogP contribution < -0.4 is 5.32 Å². The molecular formula is C12H23ClN2OS. The van der Waals surface area contributed by atoms with Crippen LogP contribution in [-0.4, -0.2) is 47.5 Å². The maximum Gasteiger partial charge on any atom is 0.224 e. The summed E-state index contributed by atoms with van der Waals surface area (Å²) in [7, 11) is 0. The van der Waals surface area contributed by atoms with Gasteiger partial charge in [0.25, 0.3) is 0 Å². The van der Waals surface area contributed by atoms with Crippen molar-refractivity contribution in [3.05, 3.63) is 0 Å². The second-order valence-electron chi connectivity index (χ2n) is 4.72. The topological polar surface area (TPSA) is 32.3 Å². The van der Waals surface area contributed by atoms with E-state index in [4.69, 9.17) is 0 Å². The Morgan fingerprint density at radius 2 is 2.35 bits per heavy atom. The van der Waals surface area contributed by atoms with Crippen molar-refractivity contribution in [3.8, 4) is 0 Å². The zero-order valence-corrected chi connectivity index (χ0v) is 12.1. The number of hydrogen-bond donors (Lipinski definition) is 1. The number of rotatable bonds is 3. The Morgan fingerprint density at radius 1 is 1.53 bits per heavy atom. The third kappa shape index (κ3) is 4.04. The Morgan fingerprint density at radius 3 is 3.00 bits per heavy atom. The molecule has 0 bridgehead atoms. The fourth-order valence-electron chi connectivity index (χ4n) is 2.67. The minimum atomic E-state index is 0. The lowest BCUT2D eigenvalue weighted by atomic mass is 10.1. The molecule has 0 saturated carbocycles. The van der Waals surface area contributed by atoms with E-state index in [1.165, 1.54) is 18.6 Å². The van der Waals surface area contributed by atoms with E-state index in [0.717, 1.165) is 25.3 Å². The fourth-order valence-corrected chi connectivity index (χ4v) is 3.62. The Labute approximate surface area is 114 Å². The van der Waals surface area contributed by atoms with Gasteiger partial charge in [-0.2, -0.15) is 11.8 Å². The quantitative estimate of drug-likeness (QED) is 0.856. The van der Waals surface area contributed by atoms with Crippen molar-refractivity contribution in [2.75, 3.05) is 24.6 Å². The molecule has 100 valence electrons. The number of hydrogen-bond acceptors (Lipinski definition) is 3. The number of carbonyl (C=O) groups is 1. The number of thioether (sulfide) groups is 1. The van der Waals surface area contributed by atoms with Gasteiger partial charge in [0.2, 0.25) is 5.91 Å². The van der Waals surface area contributed by atoms with Crippen molar-refractivity contribution < 1.29 is 4.79 Å². The van der Waals surface area contributed by atoms with E-state index in [0.29, 0.717) is 24.4 Å². The van der Waals surface area contributed by atoms with E-state index in [1.807, 2.05) is 11.8 Å². The highest BCUT2D eigenvalue weighted by Crippen LogP contribution is 2.21. The van der Waals surface area contributed by atoms with Gasteiger partial charge in [0.1, 0.15) is 0 Å². The largest absolute Gasteiger partial charge is 0.340 e. The molecule has 0 aliphatic carbocycles. The maximum atomic E-state index is 12.2. The molecule has 2 atom stereocenters. The van der Waals surface area contributed by atoms with Crippen molar-refractivity contribution in [1.82, 2.24) is 10.2 Å². The predicted octanol–water partition coefficient (Wildman–Crippen LogP) is 1.90. The summed E-state index contributed by atoms with van der Waals surface area (Å²) < 4.78 is 0. The average molecular weight is 279 g/mol. The Balaban J connectivity index is 0.00000144. The summed E-state index contributed by atoms with van der Waals surface area (Å²) in [6.45, 7) is 4.22. The van der Waals surface area contributed by atoms with E-state index in [-0.39, 0.29) is 12.4 Å². The monoisotopic (exact) mass is 278 g/mol. The highest BCUT2D eigenvalue weighted by molar-refractivity contribution is 7.99. The van der Waals surface area contributed by atoms with Gasteiger partial charge in [-0.05, 0) is 19.3 Å². The van der Waals surface area contributed by atoms with Gasteiger partial charge in [-0.15, -0.1) is 12.4 Å². The summed E-state index contributed by atoms with van der Waals surface area (Å²) in [5.74, 6) is 2.65. The lowest BCUT2D eigenvalue weighted by molar-refractivity contribution is -0.132. The molecule has 0 aromatic carbocycles. The van der Waals surface area contributed by atoms with E-state index in [1.54, 1.807) is 0 Å². The Bertz CT molecular complexity index is 247. The van der Waals surface area contributed by atoms with Crippen molar-refractivity contribution in [2.45, 2.75) is 44.7 Å². The standard InChI is InChI=1S/C12H22N2OS.ClH/c1-2-11-4-3-6-14(11)12(15)8-10-9-16-7-5-13-10;/h10-11,13H,2-9H2,1H3;1H. The van der Waals surface area contributed by atoms with Crippen LogP contribution in [0.2, 0.25) is 0 Å². The van der Waals surface area contributed by atoms with Crippen LogP contribution in [0, 0.1) is 0 Å². The molecule has 0 aromatic heterocycles. The molecule has 0 spiro atoms. The van der Waals surface area contributed by atoms with Crippen LogP contribution in [0.4, 0.5) is 0 Å². The first kappa shape index (κ1) is 15.1. The Kier molecular flexibility index (Phi) is 6.67. The zero-order chi connectivity index (χ0) is 11.4. The van der Waals surface area contributed by atoms with Crippen LogP contribution in [-0.2, 0) is 4.79 Å². The maximum absolute atomic E-state index is 12.2. The van der Waals surface area contributed by atoms with Crippen LogP contribution >= 0.6 is 24.2 Å². The summed E-state index contributed by atoms with van der Waals surface area (Å²) in [4.78, 5) is 14.3. The minimum absolute atomic E-state index is 0. The molecule has 1 N–H and O–H groups in total. The summed E-state index contributed by atoms with van der Waals surface area (Å²) >= 11 is 1.96. The second kappa shape index (κ2) is 7.49. The van der Waals surface area contributed by atoms with Gasteiger partial charge in [0.05, 0.1) is 0 Å². The highest BCUT2D eigenvalue weighted by Gasteiger charge is 2.28. The lowest BCUT2D eigenvalue weighted by Gasteiger charge is -2.28. The number of likely N-dealkylation sites (tertiary alicyclic amines) is 1. The minimum Gasteiger partial charge on any atom is -0.340 e. The molecule has 2 heterocycles. The lowest BCUT2D eigenvalue weighted by Crippen LogP contribution is -2.43. The van der Waals surface area contributed by atoms with Crippen LogP contribution in [0.25, 0.3) is 0 Å². The van der Waals surface area contributed by atoms with Crippen molar-refractivity contribution in [2.24, 2.45) is 0 Å². The molecule has 3 nitrogen and oxygen atoms in total. The van der Waals surface area contributed by atoms with Crippen LogP contribution in [0.1, 0.15) is 32.6 Å². The predicted molar refractivity (Wildman–Crippen MR) is 76.0 cm³/mol. The number of nitrogens with one attached hydrogen (secondary N) is 1. The fraction of sp³-hybridized carbons (Fsp3) is 0.917. The van der Waals surface area contributed by atoms with E-state index in [9.17, 15) is 4.79 Å². The van der Waals surface area contributed by atoms with Gasteiger partial charge in [0, 0.05) is 43.1 Å². The van der Waals surface area contributed by atoms with Crippen molar-refractivity contribution in [3.63, 3.8) is 0 Å². The van der Waals surface area contributed by atoms with Crippen molar-refractivity contribution in [1.29, 1.82) is 0 Å². The van der Waals surface area contributed by atoms with Gasteiger partial charge in [0.15, 0.2) is 0 Å².